The molecule has 1 unspecified atom stereocenters. The minimum Gasteiger partial charge on any atom is -0.477 e. The number of thioether (sulfide) groups is 1. The number of fused-ring (bicyclic) bond motifs is 1. The summed E-state index contributed by atoms with van der Waals surface area (Å²) in [5, 5.41) is 7.10. The summed E-state index contributed by atoms with van der Waals surface area (Å²) in [6, 6.07) is 9.40. The smallest absolute Gasteiger partial charge is 0.263 e. The van der Waals surface area contributed by atoms with Crippen molar-refractivity contribution >= 4 is 40.6 Å². The summed E-state index contributed by atoms with van der Waals surface area (Å²) in [7, 11) is 0. The van der Waals surface area contributed by atoms with Crippen molar-refractivity contribution in [2.45, 2.75) is 18.8 Å². The third-order valence-electron chi connectivity index (χ3n) is 3.84. The van der Waals surface area contributed by atoms with Crippen molar-refractivity contribution in [3.8, 4) is 5.75 Å². The number of hydrogen-bond acceptors (Lipinski definition) is 5. The largest absolute Gasteiger partial charge is 0.477 e. The lowest BCUT2D eigenvalue weighted by molar-refractivity contribution is -0.128. The first kappa shape index (κ1) is 17.8. The SMILES string of the molecule is CC(=O)N1CC(C(=O)NCCSCc2ccsc2)Oc2ccccc21. The molecular formula is C18H20N2O3S2. The van der Waals surface area contributed by atoms with Crippen LogP contribution in [0.25, 0.3) is 0 Å². The van der Waals surface area contributed by atoms with E-state index in [-0.39, 0.29) is 18.4 Å². The van der Waals surface area contributed by atoms with Gasteiger partial charge < -0.3 is 15.0 Å². The van der Waals surface area contributed by atoms with Crippen LogP contribution in [0, 0.1) is 0 Å². The van der Waals surface area contributed by atoms with Crippen LogP contribution in [0.3, 0.4) is 0 Å². The van der Waals surface area contributed by atoms with Gasteiger partial charge >= 0.3 is 0 Å². The second kappa shape index (κ2) is 8.40. The number of para-hydroxylation sites is 2. The van der Waals surface area contributed by atoms with Gasteiger partial charge in [0, 0.05) is 25.0 Å². The van der Waals surface area contributed by atoms with Crippen molar-refractivity contribution in [3.05, 3.63) is 46.7 Å². The molecule has 2 aromatic rings. The molecule has 1 N–H and O–H groups in total. The fourth-order valence-electron chi connectivity index (χ4n) is 2.59. The molecular weight excluding hydrogens is 356 g/mol. The van der Waals surface area contributed by atoms with Gasteiger partial charge in [0.05, 0.1) is 12.2 Å². The zero-order valence-electron chi connectivity index (χ0n) is 13.9. The number of rotatable bonds is 6. The molecule has 5 nitrogen and oxygen atoms in total. The summed E-state index contributed by atoms with van der Waals surface area (Å²) in [5.74, 6) is 2.07. The molecule has 1 atom stereocenters. The molecule has 1 aliphatic heterocycles. The number of thiophene rings is 1. The number of ether oxygens (including phenoxy) is 1. The van der Waals surface area contributed by atoms with E-state index in [9.17, 15) is 9.59 Å². The third-order valence-corrected chi connectivity index (χ3v) is 5.60. The highest BCUT2D eigenvalue weighted by Crippen LogP contribution is 2.33. The van der Waals surface area contributed by atoms with Gasteiger partial charge in [0.15, 0.2) is 6.10 Å². The van der Waals surface area contributed by atoms with E-state index < -0.39 is 6.10 Å². The molecule has 1 aromatic heterocycles. The Balaban J connectivity index is 1.50. The van der Waals surface area contributed by atoms with Gasteiger partial charge in [-0.05, 0) is 34.5 Å². The van der Waals surface area contributed by atoms with E-state index in [1.165, 1.54) is 12.5 Å². The summed E-state index contributed by atoms with van der Waals surface area (Å²) >= 11 is 3.47. The Labute approximate surface area is 155 Å². The van der Waals surface area contributed by atoms with Gasteiger partial charge in [-0.15, -0.1) is 0 Å². The van der Waals surface area contributed by atoms with Gasteiger partial charge in [-0.1, -0.05) is 12.1 Å². The van der Waals surface area contributed by atoms with Crippen molar-refractivity contribution < 1.29 is 14.3 Å². The van der Waals surface area contributed by atoms with Gasteiger partial charge in [0.1, 0.15) is 5.75 Å². The number of amides is 2. The van der Waals surface area contributed by atoms with E-state index in [4.69, 9.17) is 4.74 Å². The van der Waals surface area contributed by atoms with Crippen LogP contribution in [-0.4, -0.2) is 36.8 Å². The minimum absolute atomic E-state index is 0.0973. The Morgan fingerprint density at radius 2 is 2.20 bits per heavy atom. The van der Waals surface area contributed by atoms with Crippen molar-refractivity contribution in [3.63, 3.8) is 0 Å². The number of nitrogens with zero attached hydrogens (tertiary/aromatic N) is 1. The zero-order chi connectivity index (χ0) is 17.6. The average Bonchev–Trinajstić information content (AvgIpc) is 3.13. The first-order chi connectivity index (χ1) is 12.1. The van der Waals surface area contributed by atoms with Gasteiger partial charge in [0.2, 0.25) is 5.91 Å². The summed E-state index contributed by atoms with van der Waals surface area (Å²) in [4.78, 5) is 25.9. The number of anilines is 1. The van der Waals surface area contributed by atoms with Crippen molar-refractivity contribution in [1.82, 2.24) is 5.32 Å². The number of nitrogens with one attached hydrogen (secondary N) is 1. The quantitative estimate of drug-likeness (QED) is 0.788. The highest BCUT2D eigenvalue weighted by molar-refractivity contribution is 7.98. The van der Waals surface area contributed by atoms with Crippen LogP contribution >= 0.6 is 23.1 Å². The lowest BCUT2D eigenvalue weighted by Gasteiger charge is -2.33. The number of carbonyl (C=O) groups excluding carboxylic acids is 2. The predicted octanol–water partition coefficient (Wildman–Crippen LogP) is 2.91. The maximum Gasteiger partial charge on any atom is 0.263 e. The Kier molecular flexibility index (Phi) is 5.99. The molecule has 0 saturated carbocycles. The van der Waals surface area contributed by atoms with Crippen LogP contribution in [0.4, 0.5) is 5.69 Å². The summed E-state index contributed by atoms with van der Waals surface area (Å²) in [6.07, 6.45) is -0.680. The monoisotopic (exact) mass is 376 g/mol. The highest BCUT2D eigenvalue weighted by Gasteiger charge is 2.32. The van der Waals surface area contributed by atoms with Gasteiger partial charge in [-0.3, -0.25) is 9.59 Å². The minimum atomic E-state index is -0.680. The number of benzene rings is 1. The molecule has 3 rings (SSSR count). The first-order valence-electron chi connectivity index (χ1n) is 8.05. The molecule has 0 fully saturated rings. The molecule has 0 spiro atoms. The molecule has 2 heterocycles. The molecule has 1 aromatic carbocycles. The van der Waals surface area contributed by atoms with Gasteiger partial charge in [0.25, 0.3) is 5.91 Å². The fourth-order valence-corrected chi connectivity index (χ4v) is 4.17. The van der Waals surface area contributed by atoms with Crippen LogP contribution in [0.15, 0.2) is 41.1 Å². The molecule has 2 amide bonds. The van der Waals surface area contributed by atoms with E-state index >= 15 is 0 Å². The Bertz CT molecular complexity index is 734. The van der Waals surface area contributed by atoms with Crippen LogP contribution in [-0.2, 0) is 15.3 Å². The molecule has 132 valence electrons. The standard InChI is InChI=1S/C18H20N2O3S2/c1-13(21)20-10-17(23-16-5-3-2-4-15(16)20)18(22)19-7-9-25-12-14-6-8-24-11-14/h2-6,8,11,17H,7,9-10,12H2,1H3,(H,19,22). The summed E-state index contributed by atoms with van der Waals surface area (Å²) in [6.45, 7) is 2.31. The van der Waals surface area contributed by atoms with E-state index in [0.717, 1.165) is 11.5 Å². The van der Waals surface area contributed by atoms with Crippen molar-refractivity contribution in [2.75, 3.05) is 23.7 Å². The van der Waals surface area contributed by atoms with Crippen LogP contribution < -0.4 is 15.0 Å². The molecule has 0 bridgehead atoms. The third kappa shape index (κ3) is 4.55. The lowest BCUT2D eigenvalue weighted by atomic mass is 10.1. The van der Waals surface area contributed by atoms with E-state index in [0.29, 0.717) is 18.0 Å². The molecule has 0 saturated heterocycles. The van der Waals surface area contributed by atoms with Crippen molar-refractivity contribution in [1.29, 1.82) is 0 Å². The topological polar surface area (TPSA) is 58.6 Å². The maximum atomic E-state index is 12.4. The molecule has 7 heteroatoms. The normalized spacial score (nSPS) is 16.0. The van der Waals surface area contributed by atoms with E-state index in [1.807, 2.05) is 18.2 Å². The Morgan fingerprint density at radius 1 is 1.36 bits per heavy atom. The number of carbonyl (C=O) groups is 2. The Morgan fingerprint density at radius 3 is 2.96 bits per heavy atom. The van der Waals surface area contributed by atoms with Gasteiger partial charge in [-0.25, -0.2) is 0 Å². The van der Waals surface area contributed by atoms with Crippen LogP contribution in [0.1, 0.15) is 12.5 Å². The van der Waals surface area contributed by atoms with E-state index in [2.05, 4.69) is 22.1 Å². The zero-order valence-corrected chi connectivity index (χ0v) is 15.6. The molecule has 0 radical (unpaired) electrons. The molecule has 25 heavy (non-hydrogen) atoms. The second-order valence-electron chi connectivity index (χ2n) is 5.68. The summed E-state index contributed by atoms with van der Waals surface area (Å²) < 4.78 is 5.78. The number of hydrogen-bond donors (Lipinski definition) is 1. The Hall–Kier alpha value is -1.99. The summed E-state index contributed by atoms with van der Waals surface area (Å²) in [5.41, 5.74) is 2.02. The predicted molar refractivity (Wildman–Crippen MR) is 102 cm³/mol. The van der Waals surface area contributed by atoms with Crippen LogP contribution in [0.5, 0.6) is 5.75 Å². The van der Waals surface area contributed by atoms with E-state index in [1.54, 1.807) is 34.1 Å². The van der Waals surface area contributed by atoms with Gasteiger partial charge in [-0.2, -0.15) is 23.1 Å². The van der Waals surface area contributed by atoms with Crippen LogP contribution in [0.2, 0.25) is 0 Å². The average molecular weight is 377 g/mol. The molecule has 1 aliphatic rings. The highest BCUT2D eigenvalue weighted by atomic mass is 32.2. The second-order valence-corrected chi connectivity index (χ2v) is 7.56. The molecule has 0 aliphatic carbocycles. The van der Waals surface area contributed by atoms with Crippen molar-refractivity contribution in [2.24, 2.45) is 0 Å². The lowest BCUT2D eigenvalue weighted by Crippen LogP contribution is -2.50. The maximum absolute atomic E-state index is 12.4. The fraction of sp³-hybridized carbons (Fsp3) is 0.333. The first-order valence-corrected chi connectivity index (χ1v) is 10.1.